The molecule has 0 aromatic carbocycles. The molecule has 1 rings (SSSR count). The van der Waals surface area contributed by atoms with E-state index in [4.69, 9.17) is 0 Å². The van der Waals surface area contributed by atoms with Crippen LogP contribution in [0.5, 0.6) is 0 Å². The predicted octanol–water partition coefficient (Wildman–Crippen LogP) is -0.310. The van der Waals surface area contributed by atoms with E-state index in [1.54, 1.807) is 27.7 Å². The Morgan fingerprint density at radius 1 is 1.00 bits per heavy atom. The van der Waals surface area contributed by atoms with E-state index in [9.17, 15) is 24.5 Å². The highest BCUT2D eigenvalue weighted by Gasteiger charge is 2.29. The Balaban J connectivity index is 3.16. The molecule has 1 heterocycles. The highest BCUT2D eigenvalue weighted by atomic mass is 16.6. The van der Waals surface area contributed by atoms with Gasteiger partial charge in [-0.25, -0.2) is 4.79 Å². The van der Waals surface area contributed by atoms with E-state index in [1.165, 1.54) is 9.80 Å². The molecule has 0 spiro atoms. The highest BCUT2D eigenvalue weighted by Crippen LogP contribution is 2.06. The number of carbonyl (C=O) groups excluding carboxylic acids is 2. The second kappa shape index (κ2) is 8.94. The van der Waals surface area contributed by atoms with Crippen molar-refractivity contribution >= 4 is 17.8 Å². The summed E-state index contributed by atoms with van der Waals surface area (Å²) in [5.74, 6) is -1.55. The second-order valence-electron chi connectivity index (χ2n) is 5.22. The zero-order valence-corrected chi connectivity index (χ0v) is 15.0. The Kier molecular flexibility index (Phi) is 7.27. The molecule has 0 atom stereocenters. The number of hydrogen-bond donors (Lipinski definition) is 0. The predicted molar refractivity (Wildman–Crippen MR) is 89.0 cm³/mol. The molecule has 0 fully saturated rings. The lowest BCUT2D eigenvalue weighted by Gasteiger charge is -2.17. The smallest absolute Gasteiger partial charge is 0.390 e. The van der Waals surface area contributed by atoms with Crippen molar-refractivity contribution in [1.82, 2.24) is 24.1 Å². The van der Waals surface area contributed by atoms with Crippen LogP contribution in [-0.2, 0) is 22.7 Å². The summed E-state index contributed by atoms with van der Waals surface area (Å²) in [5.41, 5.74) is -0.854. The average Bonchev–Trinajstić information content (AvgIpc) is 2.86. The van der Waals surface area contributed by atoms with Gasteiger partial charge in [-0.15, -0.1) is 4.68 Å². The summed E-state index contributed by atoms with van der Waals surface area (Å²) in [7, 11) is 0. The molecule has 0 radical (unpaired) electrons. The molecule has 0 unspecified atom stereocenters. The molecular formula is C14H24N6O5. The van der Waals surface area contributed by atoms with Gasteiger partial charge in [-0.1, -0.05) is 0 Å². The van der Waals surface area contributed by atoms with Gasteiger partial charge in [-0.2, -0.15) is 4.57 Å². The monoisotopic (exact) mass is 356 g/mol. The summed E-state index contributed by atoms with van der Waals surface area (Å²) in [6, 6.07) is 0. The Labute approximate surface area is 145 Å². The van der Waals surface area contributed by atoms with Gasteiger partial charge >= 0.3 is 11.6 Å². The standard InChI is InChI=1S/C14H24N6O5/c1-5-16(6-2)11(21)9-18-13(20(24)25)15-19(14(18)23)10-12(22)17(7-3)8-4/h5-10H2,1-4H3. The van der Waals surface area contributed by atoms with Crippen LogP contribution in [0.2, 0.25) is 0 Å². The minimum absolute atomic E-state index is 0.373. The molecule has 0 bridgehead atoms. The van der Waals surface area contributed by atoms with Gasteiger partial charge in [0.25, 0.3) is 5.91 Å². The van der Waals surface area contributed by atoms with E-state index < -0.39 is 35.6 Å². The average molecular weight is 356 g/mol. The summed E-state index contributed by atoms with van der Waals surface area (Å²) < 4.78 is 1.42. The van der Waals surface area contributed by atoms with Gasteiger partial charge in [0.05, 0.1) is 0 Å². The SMILES string of the molecule is CCN(CC)C(=O)Cn1nc([N+](=O)[O-])n(CC(=O)N(CC)CC)c1=O. The maximum absolute atomic E-state index is 12.4. The van der Waals surface area contributed by atoms with Crippen LogP contribution in [0, 0.1) is 10.1 Å². The minimum Gasteiger partial charge on any atom is -0.390 e. The van der Waals surface area contributed by atoms with Crippen molar-refractivity contribution in [1.29, 1.82) is 0 Å². The van der Waals surface area contributed by atoms with Crippen LogP contribution in [0.1, 0.15) is 27.7 Å². The Morgan fingerprint density at radius 2 is 1.44 bits per heavy atom. The quantitative estimate of drug-likeness (QED) is 0.442. The lowest BCUT2D eigenvalue weighted by atomic mass is 10.4. The molecule has 1 aromatic heterocycles. The van der Waals surface area contributed by atoms with Crippen LogP contribution in [0.4, 0.5) is 5.95 Å². The van der Waals surface area contributed by atoms with Crippen LogP contribution >= 0.6 is 0 Å². The van der Waals surface area contributed by atoms with Gasteiger partial charge in [0, 0.05) is 31.3 Å². The van der Waals surface area contributed by atoms with Gasteiger partial charge in [0.15, 0.2) is 6.54 Å². The molecule has 0 saturated heterocycles. The van der Waals surface area contributed by atoms with Gasteiger partial charge < -0.3 is 19.9 Å². The Morgan fingerprint density at radius 3 is 1.84 bits per heavy atom. The van der Waals surface area contributed by atoms with Crippen molar-refractivity contribution in [2.75, 3.05) is 26.2 Å². The number of carbonyl (C=O) groups is 2. The lowest BCUT2D eigenvalue weighted by molar-refractivity contribution is -0.397. The number of likely N-dealkylation sites (N-methyl/N-ethyl adjacent to an activating group) is 2. The third-order valence-electron chi connectivity index (χ3n) is 3.88. The topological polar surface area (TPSA) is 124 Å². The third-order valence-corrected chi connectivity index (χ3v) is 3.88. The third kappa shape index (κ3) is 4.64. The zero-order chi connectivity index (χ0) is 19.1. The minimum atomic E-state index is -0.854. The number of nitrogens with zero attached hydrogens (tertiary/aromatic N) is 6. The molecule has 0 N–H and O–H groups in total. The summed E-state index contributed by atoms with van der Waals surface area (Å²) in [6.45, 7) is 7.96. The van der Waals surface area contributed by atoms with Gasteiger partial charge in [-0.3, -0.25) is 9.59 Å². The fourth-order valence-corrected chi connectivity index (χ4v) is 2.42. The van der Waals surface area contributed by atoms with Crippen molar-refractivity contribution in [3.05, 3.63) is 20.6 Å². The molecule has 0 aliphatic rings. The number of aromatic nitrogens is 3. The van der Waals surface area contributed by atoms with E-state index in [0.717, 1.165) is 4.68 Å². The number of amides is 2. The lowest BCUT2D eigenvalue weighted by Crippen LogP contribution is -2.39. The van der Waals surface area contributed by atoms with E-state index in [1.807, 2.05) is 0 Å². The van der Waals surface area contributed by atoms with E-state index >= 15 is 0 Å². The molecule has 0 aliphatic carbocycles. The van der Waals surface area contributed by atoms with Crippen LogP contribution in [-0.4, -0.2) is 67.1 Å². The van der Waals surface area contributed by atoms with Crippen molar-refractivity contribution in [3.8, 4) is 0 Å². The zero-order valence-electron chi connectivity index (χ0n) is 15.0. The molecular weight excluding hydrogens is 332 g/mol. The van der Waals surface area contributed by atoms with E-state index in [2.05, 4.69) is 5.10 Å². The first-order valence-corrected chi connectivity index (χ1v) is 8.18. The van der Waals surface area contributed by atoms with Crippen LogP contribution in [0.15, 0.2) is 4.79 Å². The first-order chi connectivity index (χ1) is 11.8. The fraction of sp³-hybridized carbons (Fsp3) is 0.714. The summed E-state index contributed by atoms with van der Waals surface area (Å²) in [5, 5.41) is 14.8. The van der Waals surface area contributed by atoms with Crippen molar-refractivity contribution in [2.24, 2.45) is 0 Å². The molecule has 1 aromatic rings. The Hall–Kier alpha value is -2.72. The highest BCUT2D eigenvalue weighted by molar-refractivity contribution is 5.76. The fourth-order valence-electron chi connectivity index (χ4n) is 2.42. The molecule has 11 nitrogen and oxygen atoms in total. The van der Waals surface area contributed by atoms with Crippen LogP contribution in [0.25, 0.3) is 0 Å². The number of hydrogen-bond acceptors (Lipinski definition) is 6. The summed E-state index contributed by atoms with van der Waals surface area (Å²) in [4.78, 5) is 49.9. The maximum Gasteiger partial charge on any atom is 0.460 e. The second-order valence-corrected chi connectivity index (χ2v) is 5.22. The first-order valence-electron chi connectivity index (χ1n) is 8.18. The molecule has 0 saturated carbocycles. The van der Waals surface area contributed by atoms with Crippen molar-refractivity contribution in [2.45, 2.75) is 40.8 Å². The van der Waals surface area contributed by atoms with Crippen molar-refractivity contribution < 1.29 is 14.5 Å². The Bertz CT molecular complexity index is 686. The first kappa shape index (κ1) is 20.3. The molecule has 140 valence electrons. The van der Waals surface area contributed by atoms with E-state index in [0.29, 0.717) is 30.7 Å². The number of rotatable bonds is 9. The van der Waals surface area contributed by atoms with Crippen LogP contribution in [0.3, 0.4) is 0 Å². The van der Waals surface area contributed by atoms with Gasteiger partial charge in [0.2, 0.25) is 5.91 Å². The molecule has 11 heteroatoms. The summed E-state index contributed by atoms with van der Waals surface area (Å²) in [6.07, 6.45) is 0. The van der Waals surface area contributed by atoms with Crippen LogP contribution < -0.4 is 5.69 Å². The maximum atomic E-state index is 12.4. The van der Waals surface area contributed by atoms with Gasteiger partial charge in [-0.05, 0) is 32.6 Å². The molecule has 0 aliphatic heterocycles. The number of nitro groups is 1. The largest absolute Gasteiger partial charge is 0.460 e. The molecule has 25 heavy (non-hydrogen) atoms. The normalized spacial score (nSPS) is 10.6. The van der Waals surface area contributed by atoms with Crippen molar-refractivity contribution in [3.63, 3.8) is 0 Å². The van der Waals surface area contributed by atoms with E-state index in [-0.39, 0.29) is 5.91 Å². The summed E-state index contributed by atoms with van der Waals surface area (Å²) >= 11 is 0. The molecule has 2 amide bonds. The van der Waals surface area contributed by atoms with Gasteiger partial charge in [0.1, 0.15) is 6.54 Å².